The number of aromatic nitrogens is 1. The predicted molar refractivity (Wildman–Crippen MR) is 86.6 cm³/mol. The van der Waals surface area contributed by atoms with Gasteiger partial charge in [-0.25, -0.2) is 4.98 Å². The van der Waals surface area contributed by atoms with E-state index in [1.54, 1.807) is 7.11 Å². The van der Waals surface area contributed by atoms with Crippen LogP contribution in [0.3, 0.4) is 0 Å². The molecule has 0 unspecified atom stereocenters. The summed E-state index contributed by atoms with van der Waals surface area (Å²) in [5, 5.41) is 9.59. The number of rotatable bonds is 2. The molecule has 3 rings (SSSR count). The number of hydrogen-bond acceptors (Lipinski definition) is 4. The largest absolute Gasteiger partial charge is 0.496 e. The smallest absolute Gasteiger partial charge is 0.142 e. The molecule has 112 valence electrons. The van der Waals surface area contributed by atoms with Crippen molar-refractivity contribution in [1.29, 1.82) is 5.26 Å². The quantitative estimate of drug-likeness (QED) is 0.860. The number of anilines is 1. The second-order valence-electron chi connectivity index (χ2n) is 5.55. The molecule has 1 aliphatic rings. The van der Waals surface area contributed by atoms with Crippen LogP contribution in [0, 0.1) is 11.3 Å². The van der Waals surface area contributed by atoms with E-state index in [-0.39, 0.29) is 0 Å². The minimum Gasteiger partial charge on any atom is -0.496 e. The fraction of sp³-hybridized carbons (Fsp3) is 0.333. The van der Waals surface area contributed by atoms with Gasteiger partial charge in [-0.05, 0) is 37.3 Å². The number of methoxy groups -OCH3 is 1. The minimum atomic E-state index is 0.323. The minimum absolute atomic E-state index is 0.323. The first-order valence-corrected chi connectivity index (χ1v) is 7.61. The fourth-order valence-corrected chi connectivity index (χ4v) is 3.20. The molecule has 0 radical (unpaired) electrons. The number of ether oxygens (including phenoxy) is 1. The summed E-state index contributed by atoms with van der Waals surface area (Å²) in [6, 6.07) is 10.0. The number of aryl methyl sites for hydroxylation is 1. The third-order valence-electron chi connectivity index (χ3n) is 4.24. The second kappa shape index (κ2) is 6.07. The number of nitrogens with two attached hydrogens (primary N) is 1. The van der Waals surface area contributed by atoms with Crippen LogP contribution in [0.15, 0.2) is 24.3 Å². The maximum absolute atomic E-state index is 9.59. The SMILES string of the molecule is COc1ccccc1-c1c(C#N)c(N)nc2c1CCCCC2. The van der Waals surface area contributed by atoms with E-state index in [9.17, 15) is 5.26 Å². The lowest BCUT2D eigenvalue weighted by atomic mass is 9.91. The Morgan fingerprint density at radius 2 is 1.95 bits per heavy atom. The molecule has 2 aromatic rings. The molecule has 0 fully saturated rings. The average molecular weight is 293 g/mol. The Balaban J connectivity index is 2.34. The van der Waals surface area contributed by atoms with Gasteiger partial charge in [-0.1, -0.05) is 24.6 Å². The Hall–Kier alpha value is -2.54. The summed E-state index contributed by atoms with van der Waals surface area (Å²) >= 11 is 0. The van der Waals surface area contributed by atoms with Gasteiger partial charge in [0.15, 0.2) is 0 Å². The van der Waals surface area contributed by atoms with Gasteiger partial charge in [0.05, 0.1) is 7.11 Å². The molecule has 0 bridgehead atoms. The molecule has 1 aromatic carbocycles. The van der Waals surface area contributed by atoms with Crippen molar-refractivity contribution in [3.63, 3.8) is 0 Å². The Bertz CT molecular complexity index is 747. The molecule has 4 nitrogen and oxygen atoms in total. The van der Waals surface area contributed by atoms with E-state index in [1.165, 1.54) is 6.42 Å². The summed E-state index contributed by atoms with van der Waals surface area (Å²) in [5.41, 5.74) is 10.6. The summed E-state index contributed by atoms with van der Waals surface area (Å²) in [5.74, 6) is 1.08. The Kier molecular flexibility index (Phi) is 3.97. The summed E-state index contributed by atoms with van der Waals surface area (Å²) in [6.45, 7) is 0. The zero-order valence-corrected chi connectivity index (χ0v) is 12.7. The van der Waals surface area contributed by atoms with Crippen molar-refractivity contribution in [1.82, 2.24) is 4.98 Å². The summed E-state index contributed by atoms with van der Waals surface area (Å²) in [6.07, 6.45) is 5.28. The van der Waals surface area contributed by atoms with Gasteiger partial charge < -0.3 is 10.5 Å². The Morgan fingerprint density at radius 3 is 2.73 bits per heavy atom. The van der Waals surface area contributed by atoms with Gasteiger partial charge >= 0.3 is 0 Å². The molecule has 4 heteroatoms. The molecule has 0 saturated carbocycles. The third kappa shape index (κ3) is 2.39. The zero-order chi connectivity index (χ0) is 15.5. The van der Waals surface area contributed by atoms with Gasteiger partial charge in [-0.3, -0.25) is 0 Å². The molecule has 1 aliphatic carbocycles. The lowest BCUT2D eigenvalue weighted by Gasteiger charge is -2.17. The van der Waals surface area contributed by atoms with Gasteiger partial charge in [-0.2, -0.15) is 5.26 Å². The van der Waals surface area contributed by atoms with Crippen LogP contribution >= 0.6 is 0 Å². The normalized spacial score (nSPS) is 13.8. The maximum atomic E-state index is 9.59. The number of benzene rings is 1. The van der Waals surface area contributed by atoms with Crippen LogP contribution in [0.25, 0.3) is 11.1 Å². The Morgan fingerprint density at radius 1 is 1.18 bits per heavy atom. The number of hydrogen-bond donors (Lipinski definition) is 1. The molecule has 22 heavy (non-hydrogen) atoms. The van der Waals surface area contributed by atoms with Crippen molar-refractivity contribution in [2.45, 2.75) is 32.1 Å². The van der Waals surface area contributed by atoms with Crippen molar-refractivity contribution >= 4 is 5.82 Å². The first-order chi connectivity index (χ1) is 10.8. The van der Waals surface area contributed by atoms with Gasteiger partial charge in [0.1, 0.15) is 23.2 Å². The first kappa shape index (κ1) is 14.4. The standard InChI is InChI=1S/C18H19N3O/c1-22-16-10-6-5-8-13(16)17-12-7-3-2-4-9-15(12)21-18(20)14(17)11-19/h5-6,8,10H,2-4,7,9H2,1H3,(H2,20,21). The molecule has 0 aliphatic heterocycles. The average Bonchev–Trinajstić information content (AvgIpc) is 2.78. The van der Waals surface area contributed by atoms with E-state index in [2.05, 4.69) is 11.1 Å². The number of pyridine rings is 1. The summed E-state index contributed by atoms with van der Waals surface area (Å²) < 4.78 is 5.49. The zero-order valence-electron chi connectivity index (χ0n) is 12.7. The predicted octanol–water partition coefficient (Wildman–Crippen LogP) is 3.48. The molecule has 0 amide bonds. The van der Waals surface area contributed by atoms with Crippen LogP contribution in [-0.4, -0.2) is 12.1 Å². The summed E-state index contributed by atoms with van der Waals surface area (Å²) in [7, 11) is 1.65. The van der Waals surface area contributed by atoms with E-state index in [4.69, 9.17) is 10.5 Å². The second-order valence-corrected chi connectivity index (χ2v) is 5.55. The summed E-state index contributed by atoms with van der Waals surface area (Å²) in [4.78, 5) is 4.50. The van der Waals surface area contributed by atoms with Gasteiger partial charge in [0.2, 0.25) is 0 Å². The number of nitriles is 1. The highest BCUT2D eigenvalue weighted by Crippen LogP contribution is 2.39. The van der Waals surface area contributed by atoms with E-state index in [0.717, 1.165) is 53.8 Å². The highest BCUT2D eigenvalue weighted by Gasteiger charge is 2.22. The first-order valence-electron chi connectivity index (χ1n) is 7.61. The van der Waals surface area contributed by atoms with Gasteiger partial charge in [0.25, 0.3) is 0 Å². The van der Waals surface area contributed by atoms with Crippen molar-refractivity contribution in [2.75, 3.05) is 12.8 Å². The highest BCUT2D eigenvalue weighted by atomic mass is 16.5. The van der Waals surface area contributed by atoms with Crippen LogP contribution in [-0.2, 0) is 12.8 Å². The van der Waals surface area contributed by atoms with E-state index >= 15 is 0 Å². The Labute approximate surface area is 130 Å². The van der Waals surface area contributed by atoms with E-state index in [0.29, 0.717) is 11.4 Å². The van der Waals surface area contributed by atoms with Crippen molar-refractivity contribution in [3.8, 4) is 22.9 Å². The monoisotopic (exact) mass is 293 g/mol. The highest BCUT2D eigenvalue weighted by molar-refractivity contribution is 5.82. The van der Waals surface area contributed by atoms with E-state index in [1.807, 2.05) is 24.3 Å². The third-order valence-corrected chi connectivity index (χ3v) is 4.24. The lowest BCUT2D eigenvalue weighted by Crippen LogP contribution is -2.07. The molecule has 0 spiro atoms. The molecular formula is C18H19N3O. The van der Waals surface area contributed by atoms with Gasteiger partial charge in [0, 0.05) is 16.8 Å². The van der Waals surface area contributed by atoms with Crippen LogP contribution in [0.2, 0.25) is 0 Å². The number of para-hydroxylation sites is 1. The molecular weight excluding hydrogens is 274 g/mol. The molecule has 0 atom stereocenters. The number of fused-ring (bicyclic) bond motifs is 1. The maximum Gasteiger partial charge on any atom is 0.142 e. The van der Waals surface area contributed by atoms with Crippen LogP contribution in [0.5, 0.6) is 5.75 Å². The van der Waals surface area contributed by atoms with E-state index < -0.39 is 0 Å². The fourth-order valence-electron chi connectivity index (χ4n) is 3.20. The molecule has 1 heterocycles. The van der Waals surface area contributed by atoms with Crippen LogP contribution < -0.4 is 10.5 Å². The molecule has 1 aromatic heterocycles. The van der Waals surface area contributed by atoms with Crippen molar-refractivity contribution in [3.05, 3.63) is 41.1 Å². The van der Waals surface area contributed by atoms with Crippen LogP contribution in [0.1, 0.15) is 36.1 Å². The molecule has 2 N–H and O–H groups in total. The molecule has 0 saturated heterocycles. The van der Waals surface area contributed by atoms with Gasteiger partial charge in [-0.15, -0.1) is 0 Å². The lowest BCUT2D eigenvalue weighted by molar-refractivity contribution is 0.416. The van der Waals surface area contributed by atoms with Crippen molar-refractivity contribution in [2.24, 2.45) is 0 Å². The number of nitrogen functional groups attached to an aromatic ring is 1. The topological polar surface area (TPSA) is 71.9 Å². The van der Waals surface area contributed by atoms with Crippen molar-refractivity contribution < 1.29 is 4.74 Å². The number of nitrogens with zero attached hydrogens (tertiary/aromatic N) is 2. The van der Waals surface area contributed by atoms with Crippen LogP contribution in [0.4, 0.5) is 5.82 Å².